The average Bonchev–Trinajstić information content (AvgIpc) is 2.54. The molecule has 0 fully saturated rings. The monoisotopic (exact) mass is 207 g/mol. The number of imidazole rings is 1. The van der Waals surface area contributed by atoms with Crippen LogP contribution in [0.25, 0.3) is 0 Å². The second-order valence-electron chi connectivity index (χ2n) is 2.67. The number of nitrogen functional groups attached to an aromatic ring is 1. The molecule has 14 heavy (non-hydrogen) atoms. The van der Waals surface area contributed by atoms with Crippen molar-refractivity contribution < 1.29 is 0 Å². The lowest BCUT2D eigenvalue weighted by Gasteiger charge is -1.99. The molecule has 2 heterocycles. The minimum atomic E-state index is 0.478. The van der Waals surface area contributed by atoms with Crippen LogP contribution in [-0.4, -0.2) is 19.9 Å². The molecule has 0 unspecified atom stereocenters. The van der Waals surface area contributed by atoms with Gasteiger partial charge in [0.2, 0.25) is 0 Å². The molecule has 0 bridgehead atoms. The van der Waals surface area contributed by atoms with Crippen molar-refractivity contribution in [1.82, 2.24) is 19.9 Å². The number of anilines is 1. The lowest BCUT2D eigenvalue weighted by atomic mass is 10.5. The second kappa shape index (κ2) is 3.67. The Balaban J connectivity index is 2.25. The molecule has 0 aliphatic carbocycles. The number of nitrogens with one attached hydrogen (secondary N) is 1. The summed E-state index contributed by atoms with van der Waals surface area (Å²) in [6.45, 7) is 1.81. The van der Waals surface area contributed by atoms with Crippen LogP contribution in [-0.2, 0) is 0 Å². The molecule has 3 N–H and O–H groups in total. The van der Waals surface area contributed by atoms with E-state index in [4.69, 9.17) is 5.73 Å². The van der Waals surface area contributed by atoms with Gasteiger partial charge in [-0.05, 0) is 18.7 Å². The van der Waals surface area contributed by atoms with Crippen LogP contribution in [0.15, 0.2) is 28.6 Å². The van der Waals surface area contributed by atoms with Crippen LogP contribution >= 0.6 is 11.8 Å². The number of aromatic nitrogens is 4. The second-order valence-corrected chi connectivity index (χ2v) is 3.68. The number of nitrogens with two attached hydrogens (primary N) is 1. The van der Waals surface area contributed by atoms with Crippen LogP contribution in [0, 0.1) is 6.92 Å². The van der Waals surface area contributed by atoms with E-state index in [1.54, 1.807) is 18.5 Å². The fourth-order valence-electron chi connectivity index (χ4n) is 1.02. The van der Waals surface area contributed by atoms with Crippen LogP contribution < -0.4 is 5.73 Å². The molecule has 0 saturated carbocycles. The molecular formula is C8H9N5S. The number of hydrogen-bond donors (Lipinski definition) is 2. The standard InChI is InChI=1S/C8H9N5S/c1-5-12-6(9)4-7(13-5)14-8-10-2-3-11-8/h2-4H,1H3,(H,10,11)(H2,9,12,13). The molecule has 0 saturated heterocycles. The summed E-state index contributed by atoms with van der Waals surface area (Å²) in [4.78, 5) is 15.3. The van der Waals surface area contributed by atoms with Crippen LogP contribution in [0.1, 0.15) is 5.82 Å². The number of H-pyrrole nitrogens is 1. The molecule has 2 aromatic rings. The first-order chi connectivity index (χ1) is 6.74. The van der Waals surface area contributed by atoms with E-state index in [1.807, 2.05) is 6.92 Å². The van der Waals surface area contributed by atoms with Crippen LogP contribution in [0.4, 0.5) is 5.82 Å². The first-order valence-electron chi connectivity index (χ1n) is 4.02. The van der Waals surface area contributed by atoms with Gasteiger partial charge in [-0.2, -0.15) is 0 Å². The predicted molar refractivity (Wildman–Crippen MR) is 53.9 cm³/mol. The fraction of sp³-hybridized carbons (Fsp3) is 0.125. The third kappa shape index (κ3) is 2.02. The summed E-state index contributed by atoms with van der Waals surface area (Å²) in [5.74, 6) is 1.14. The smallest absolute Gasteiger partial charge is 0.171 e. The zero-order valence-corrected chi connectivity index (χ0v) is 8.38. The van der Waals surface area contributed by atoms with Gasteiger partial charge in [0, 0.05) is 18.5 Å². The van der Waals surface area contributed by atoms with Gasteiger partial charge >= 0.3 is 0 Å². The molecule has 6 heteroatoms. The van der Waals surface area contributed by atoms with Gasteiger partial charge in [0.25, 0.3) is 0 Å². The first-order valence-corrected chi connectivity index (χ1v) is 4.84. The number of rotatable bonds is 2. The molecule has 0 aromatic carbocycles. The van der Waals surface area contributed by atoms with Gasteiger partial charge in [0.15, 0.2) is 5.16 Å². The molecule has 5 nitrogen and oxygen atoms in total. The van der Waals surface area contributed by atoms with E-state index in [1.165, 1.54) is 11.8 Å². The van der Waals surface area contributed by atoms with Gasteiger partial charge in [-0.3, -0.25) is 0 Å². The maximum absolute atomic E-state index is 5.59. The van der Waals surface area contributed by atoms with Crippen molar-refractivity contribution in [3.05, 3.63) is 24.3 Å². The molecular weight excluding hydrogens is 198 g/mol. The summed E-state index contributed by atoms with van der Waals surface area (Å²) in [6, 6.07) is 1.72. The van der Waals surface area contributed by atoms with E-state index >= 15 is 0 Å². The van der Waals surface area contributed by atoms with E-state index in [9.17, 15) is 0 Å². The highest BCUT2D eigenvalue weighted by Crippen LogP contribution is 2.23. The lowest BCUT2D eigenvalue weighted by Crippen LogP contribution is -1.96. The summed E-state index contributed by atoms with van der Waals surface area (Å²) in [5, 5.41) is 1.59. The van der Waals surface area contributed by atoms with Gasteiger partial charge in [-0.25, -0.2) is 15.0 Å². The maximum Gasteiger partial charge on any atom is 0.171 e. The zero-order valence-electron chi connectivity index (χ0n) is 7.56. The molecule has 72 valence electrons. The molecule has 0 atom stereocenters. The molecule has 0 aliphatic rings. The van der Waals surface area contributed by atoms with Crippen molar-refractivity contribution in [2.45, 2.75) is 17.1 Å². The van der Waals surface area contributed by atoms with E-state index < -0.39 is 0 Å². The van der Waals surface area contributed by atoms with Crippen LogP contribution in [0.3, 0.4) is 0 Å². The topological polar surface area (TPSA) is 80.5 Å². The summed E-state index contributed by atoms with van der Waals surface area (Å²) in [6.07, 6.45) is 3.46. The average molecular weight is 207 g/mol. The zero-order chi connectivity index (χ0) is 9.97. The van der Waals surface area contributed by atoms with Gasteiger partial charge in [0.05, 0.1) is 0 Å². The van der Waals surface area contributed by atoms with Gasteiger partial charge in [-0.1, -0.05) is 0 Å². The minimum absolute atomic E-state index is 0.478. The number of aromatic amines is 1. The molecule has 0 spiro atoms. The van der Waals surface area contributed by atoms with Crippen molar-refractivity contribution in [2.75, 3.05) is 5.73 Å². The normalized spacial score (nSPS) is 10.4. The summed E-state index contributed by atoms with van der Waals surface area (Å²) in [7, 11) is 0. The molecule has 2 aromatic heterocycles. The number of nitrogens with zero attached hydrogens (tertiary/aromatic N) is 3. The van der Waals surface area contributed by atoms with Crippen molar-refractivity contribution >= 4 is 17.6 Å². The Labute approximate surface area is 85.2 Å². The molecule has 0 radical (unpaired) electrons. The third-order valence-electron chi connectivity index (χ3n) is 1.51. The van der Waals surface area contributed by atoms with Crippen molar-refractivity contribution in [2.24, 2.45) is 0 Å². The van der Waals surface area contributed by atoms with Gasteiger partial charge in [-0.15, -0.1) is 0 Å². The van der Waals surface area contributed by atoms with E-state index in [0.29, 0.717) is 11.6 Å². The Hall–Kier alpha value is -1.56. The molecule has 0 amide bonds. The summed E-state index contributed by atoms with van der Waals surface area (Å²) < 4.78 is 0. The van der Waals surface area contributed by atoms with Crippen molar-refractivity contribution in [3.63, 3.8) is 0 Å². The maximum atomic E-state index is 5.59. The lowest BCUT2D eigenvalue weighted by molar-refractivity contribution is 0.965. The fourth-order valence-corrected chi connectivity index (χ4v) is 1.82. The van der Waals surface area contributed by atoms with Crippen LogP contribution in [0.2, 0.25) is 0 Å². The first kappa shape index (κ1) is 9.01. The highest BCUT2D eigenvalue weighted by atomic mass is 32.2. The molecule has 0 aliphatic heterocycles. The van der Waals surface area contributed by atoms with E-state index in [0.717, 1.165) is 10.2 Å². The SMILES string of the molecule is Cc1nc(N)cc(Sc2ncc[nH]2)n1. The highest BCUT2D eigenvalue weighted by molar-refractivity contribution is 7.99. The predicted octanol–water partition coefficient (Wildman–Crippen LogP) is 1.24. The van der Waals surface area contributed by atoms with Crippen molar-refractivity contribution in [3.8, 4) is 0 Å². The summed E-state index contributed by atoms with van der Waals surface area (Å²) in [5.41, 5.74) is 5.59. The molecule has 2 rings (SSSR count). The highest BCUT2D eigenvalue weighted by Gasteiger charge is 2.02. The Morgan fingerprint density at radius 2 is 2.29 bits per heavy atom. The third-order valence-corrected chi connectivity index (χ3v) is 2.34. The van der Waals surface area contributed by atoms with Crippen molar-refractivity contribution in [1.29, 1.82) is 0 Å². The van der Waals surface area contributed by atoms with E-state index in [2.05, 4.69) is 19.9 Å². The van der Waals surface area contributed by atoms with E-state index in [-0.39, 0.29) is 0 Å². The minimum Gasteiger partial charge on any atom is -0.384 e. The number of hydrogen-bond acceptors (Lipinski definition) is 5. The van der Waals surface area contributed by atoms with Crippen LogP contribution in [0.5, 0.6) is 0 Å². The van der Waals surface area contributed by atoms with Gasteiger partial charge in [0.1, 0.15) is 16.7 Å². The summed E-state index contributed by atoms with van der Waals surface area (Å²) >= 11 is 1.42. The Kier molecular flexibility index (Phi) is 2.36. The largest absolute Gasteiger partial charge is 0.384 e. The van der Waals surface area contributed by atoms with Gasteiger partial charge < -0.3 is 10.7 Å². The Bertz CT molecular complexity index is 405. The Morgan fingerprint density at radius 1 is 1.43 bits per heavy atom. The number of aryl methyl sites for hydroxylation is 1. The Morgan fingerprint density at radius 3 is 2.93 bits per heavy atom. The quantitative estimate of drug-likeness (QED) is 0.724.